The van der Waals surface area contributed by atoms with Crippen molar-refractivity contribution in [2.24, 2.45) is 0 Å². The van der Waals surface area contributed by atoms with Gasteiger partial charge in [-0.15, -0.1) is 0 Å². The van der Waals surface area contributed by atoms with E-state index in [1.807, 2.05) is 48.5 Å². The maximum absolute atomic E-state index is 13.6. The van der Waals surface area contributed by atoms with E-state index in [4.69, 9.17) is 0 Å². The van der Waals surface area contributed by atoms with Gasteiger partial charge in [0.15, 0.2) is 11.2 Å². The van der Waals surface area contributed by atoms with Gasteiger partial charge in [-0.3, -0.25) is 19.5 Å². The van der Waals surface area contributed by atoms with Crippen molar-refractivity contribution in [1.29, 1.82) is 0 Å². The zero-order valence-electron chi connectivity index (χ0n) is 18.7. The van der Waals surface area contributed by atoms with Crippen LogP contribution in [0.5, 0.6) is 0 Å². The van der Waals surface area contributed by atoms with E-state index in [1.165, 1.54) is 27.6 Å². The van der Waals surface area contributed by atoms with Gasteiger partial charge in [-0.2, -0.15) is 0 Å². The molecule has 0 unspecified atom stereocenters. The minimum Gasteiger partial charge on any atom is -0.320 e. The summed E-state index contributed by atoms with van der Waals surface area (Å²) in [5, 5.41) is 11.0. The Morgan fingerprint density at radius 3 is 2.14 bits per heavy atom. The molecule has 9 nitrogen and oxygen atoms in total. The van der Waals surface area contributed by atoms with Crippen LogP contribution in [0.4, 0.5) is 5.69 Å². The Kier molecular flexibility index (Phi) is 5.80. The van der Waals surface area contributed by atoms with Crippen molar-refractivity contribution in [2.75, 3.05) is 0 Å². The molecular formula is C26H21N5O4. The molecule has 0 N–H and O–H groups in total. The van der Waals surface area contributed by atoms with Gasteiger partial charge < -0.3 is 4.57 Å². The zero-order valence-corrected chi connectivity index (χ0v) is 18.7. The maximum Gasteiger partial charge on any atom is 0.337 e. The highest BCUT2D eigenvalue weighted by Crippen LogP contribution is 2.17. The zero-order chi connectivity index (χ0) is 24.4. The smallest absolute Gasteiger partial charge is 0.320 e. The van der Waals surface area contributed by atoms with Crippen LogP contribution in [0, 0.1) is 10.1 Å². The molecule has 0 amide bonds. The number of aromatic nitrogens is 4. The number of hydrogen-bond donors (Lipinski definition) is 0. The summed E-state index contributed by atoms with van der Waals surface area (Å²) < 4.78 is 4.38. The molecule has 0 bridgehead atoms. The van der Waals surface area contributed by atoms with Crippen LogP contribution >= 0.6 is 0 Å². The number of para-hydroxylation sites is 1. The molecule has 174 valence electrons. The molecule has 9 heteroatoms. The molecule has 0 saturated carbocycles. The number of fused-ring (bicyclic) bond motifs is 1. The third-order valence-corrected chi connectivity index (χ3v) is 5.88. The molecule has 0 aliphatic heterocycles. The largest absolute Gasteiger partial charge is 0.337 e. The Bertz CT molecular complexity index is 1620. The van der Waals surface area contributed by atoms with Crippen LogP contribution in [0.25, 0.3) is 16.9 Å². The summed E-state index contributed by atoms with van der Waals surface area (Å²) in [6, 6.07) is 24.9. The molecule has 0 aliphatic rings. The molecule has 0 fully saturated rings. The van der Waals surface area contributed by atoms with Crippen LogP contribution in [0.3, 0.4) is 0 Å². The lowest BCUT2D eigenvalue weighted by Gasteiger charge is -2.13. The molecule has 0 spiro atoms. The molecule has 3 aromatic carbocycles. The Balaban J connectivity index is 1.64. The fourth-order valence-electron chi connectivity index (χ4n) is 4.11. The van der Waals surface area contributed by atoms with Crippen molar-refractivity contribution in [3.8, 4) is 5.69 Å². The van der Waals surface area contributed by atoms with Crippen molar-refractivity contribution in [2.45, 2.75) is 19.5 Å². The highest BCUT2D eigenvalue weighted by atomic mass is 16.6. The molecule has 5 aromatic rings. The van der Waals surface area contributed by atoms with Gasteiger partial charge >= 0.3 is 5.69 Å². The van der Waals surface area contributed by atoms with Crippen LogP contribution in [-0.4, -0.2) is 23.6 Å². The third kappa shape index (κ3) is 4.26. The van der Waals surface area contributed by atoms with Crippen LogP contribution in [0.2, 0.25) is 0 Å². The van der Waals surface area contributed by atoms with Crippen molar-refractivity contribution in [3.05, 3.63) is 133 Å². The van der Waals surface area contributed by atoms with Crippen LogP contribution in [0.1, 0.15) is 11.1 Å². The number of imidazole rings is 1. The molecule has 2 heterocycles. The van der Waals surface area contributed by atoms with Gasteiger partial charge in [0, 0.05) is 25.2 Å². The fourth-order valence-corrected chi connectivity index (χ4v) is 4.11. The Labute approximate surface area is 199 Å². The number of nitro benzene ring substituents is 1. The van der Waals surface area contributed by atoms with Crippen molar-refractivity contribution < 1.29 is 4.92 Å². The van der Waals surface area contributed by atoms with E-state index in [9.17, 15) is 19.7 Å². The molecule has 0 radical (unpaired) electrons. The number of benzene rings is 3. The molecule has 2 aromatic heterocycles. The SMILES string of the molecule is O=c1c2c(ncn2Cc2ccc([N+](=O)[O-])cc2)n(-c2ccccc2)c(=O)n1CCc1ccccc1. The van der Waals surface area contributed by atoms with Crippen molar-refractivity contribution in [3.63, 3.8) is 0 Å². The summed E-state index contributed by atoms with van der Waals surface area (Å²) in [4.78, 5) is 42.0. The second-order valence-electron chi connectivity index (χ2n) is 8.11. The number of hydrogen-bond acceptors (Lipinski definition) is 5. The highest BCUT2D eigenvalue weighted by Gasteiger charge is 2.19. The lowest BCUT2D eigenvalue weighted by Crippen LogP contribution is -2.40. The minimum atomic E-state index is -0.458. The van der Waals surface area contributed by atoms with Crippen LogP contribution in [-0.2, 0) is 19.5 Å². The monoisotopic (exact) mass is 467 g/mol. The first-order valence-corrected chi connectivity index (χ1v) is 11.1. The summed E-state index contributed by atoms with van der Waals surface area (Å²) in [7, 11) is 0. The van der Waals surface area contributed by atoms with Crippen molar-refractivity contribution in [1.82, 2.24) is 18.7 Å². The Morgan fingerprint density at radius 2 is 1.49 bits per heavy atom. The van der Waals surface area contributed by atoms with E-state index in [2.05, 4.69) is 4.98 Å². The van der Waals surface area contributed by atoms with Gasteiger partial charge in [-0.05, 0) is 29.7 Å². The molecule has 0 saturated heterocycles. The Morgan fingerprint density at radius 1 is 0.829 bits per heavy atom. The van der Waals surface area contributed by atoms with Crippen molar-refractivity contribution >= 4 is 16.9 Å². The Hall–Kier alpha value is -4.79. The number of aryl methyl sites for hydroxylation is 1. The summed E-state index contributed by atoms with van der Waals surface area (Å²) >= 11 is 0. The fraction of sp³-hybridized carbons (Fsp3) is 0.115. The number of nitro groups is 1. The first-order valence-electron chi connectivity index (χ1n) is 11.1. The minimum absolute atomic E-state index is 0.00887. The second-order valence-corrected chi connectivity index (χ2v) is 8.11. The van der Waals surface area contributed by atoms with E-state index < -0.39 is 16.2 Å². The lowest BCUT2D eigenvalue weighted by molar-refractivity contribution is -0.384. The lowest BCUT2D eigenvalue weighted by atomic mass is 10.1. The van der Waals surface area contributed by atoms with E-state index in [0.717, 1.165) is 11.1 Å². The average molecular weight is 467 g/mol. The molecule has 0 aliphatic carbocycles. The van der Waals surface area contributed by atoms with Crippen LogP contribution in [0.15, 0.2) is 101 Å². The average Bonchev–Trinajstić information content (AvgIpc) is 3.29. The van der Waals surface area contributed by atoms with Gasteiger partial charge in [-0.25, -0.2) is 14.3 Å². The summed E-state index contributed by atoms with van der Waals surface area (Å²) in [5.41, 5.74) is 2.07. The van der Waals surface area contributed by atoms with E-state index in [0.29, 0.717) is 17.6 Å². The molecule has 35 heavy (non-hydrogen) atoms. The molecule has 5 rings (SSSR count). The second kappa shape index (κ2) is 9.22. The number of rotatable bonds is 7. The molecular weight excluding hydrogens is 446 g/mol. The highest BCUT2D eigenvalue weighted by molar-refractivity contribution is 5.72. The number of nitrogens with zero attached hydrogens (tertiary/aromatic N) is 5. The topological polar surface area (TPSA) is 105 Å². The normalized spacial score (nSPS) is 11.1. The quantitative estimate of drug-likeness (QED) is 0.269. The summed E-state index contributed by atoms with van der Waals surface area (Å²) in [6.07, 6.45) is 2.04. The first-order chi connectivity index (χ1) is 17.0. The van der Waals surface area contributed by atoms with Gasteiger partial charge in [0.25, 0.3) is 11.2 Å². The first kappa shape index (κ1) is 22.0. The van der Waals surface area contributed by atoms with Gasteiger partial charge in [0.05, 0.1) is 16.9 Å². The predicted octanol–water partition coefficient (Wildman–Crippen LogP) is 3.55. The summed E-state index contributed by atoms with van der Waals surface area (Å²) in [5.74, 6) is 0. The predicted molar refractivity (Wildman–Crippen MR) is 132 cm³/mol. The van der Waals surface area contributed by atoms with E-state index >= 15 is 0 Å². The van der Waals surface area contributed by atoms with Crippen LogP contribution < -0.4 is 11.2 Å². The van der Waals surface area contributed by atoms with Gasteiger partial charge in [0.1, 0.15) is 0 Å². The van der Waals surface area contributed by atoms with Gasteiger partial charge in [-0.1, -0.05) is 60.7 Å². The van der Waals surface area contributed by atoms with Gasteiger partial charge in [0.2, 0.25) is 0 Å². The third-order valence-electron chi connectivity index (χ3n) is 5.88. The molecule has 0 atom stereocenters. The maximum atomic E-state index is 13.6. The number of non-ortho nitro benzene ring substituents is 1. The summed E-state index contributed by atoms with van der Waals surface area (Å²) in [6.45, 7) is 0.489. The standard InChI is InChI=1S/C26H21N5O4/c32-25-23-24(27-18-28(23)17-20-11-13-22(14-12-20)31(34)35)30(21-9-5-2-6-10-21)26(33)29(25)16-15-19-7-3-1-4-8-19/h1-14,18H,15-17H2. The van der Waals surface area contributed by atoms with E-state index in [-0.39, 0.29) is 24.4 Å². The van der Waals surface area contributed by atoms with E-state index in [1.54, 1.807) is 28.8 Å².